The highest BCUT2D eigenvalue weighted by atomic mass is 16.5. The Balaban J connectivity index is 2.61. The Morgan fingerprint density at radius 3 is 2.60 bits per heavy atom. The second-order valence-corrected chi connectivity index (χ2v) is 5.23. The quantitative estimate of drug-likeness (QED) is 0.680. The Kier molecular flexibility index (Phi) is 1.91. The lowest BCUT2D eigenvalue weighted by Crippen LogP contribution is -2.56. The van der Waals surface area contributed by atoms with Gasteiger partial charge in [-0.1, -0.05) is 5.16 Å². The van der Waals surface area contributed by atoms with E-state index in [2.05, 4.69) is 5.16 Å². The topological polar surface area (TPSA) is 75.5 Å². The number of nitrogen functional groups attached to an aromatic ring is 1. The van der Waals surface area contributed by atoms with Crippen LogP contribution in [0.25, 0.3) is 0 Å². The molecule has 0 unspecified atom stereocenters. The van der Waals surface area contributed by atoms with Crippen LogP contribution in [-0.2, 0) is 12.0 Å². The maximum atomic E-state index is 10.2. The molecule has 0 amide bonds. The predicted molar refractivity (Wildman–Crippen MR) is 55.3 cm³/mol. The number of rotatable bonds is 0. The molecule has 3 N–H and O–H groups in total. The van der Waals surface area contributed by atoms with E-state index in [0.717, 1.165) is 11.3 Å². The molecule has 0 spiro atoms. The van der Waals surface area contributed by atoms with E-state index in [9.17, 15) is 5.21 Å². The fraction of sp³-hybridized carbons (Fsp3) is 0.700. The van der Waals surface area contributed by atoms with Gasteiger partial charge in [-0.15, -0.1) is 0 Å². The second-order valence-electron chi connectivity index (χ2n) is 5.23. The third kappa shape index (κ3) is 1.27. The van der Waals surface area contributed by atoms with Crippen molar-refractivity contribution in [2.24, 2.45) is 0 Å². The smallest absolute Gasteiger partial charge is 0.227 e. The molecule has 0 saturated heterocycles. The van der Waals surface area contributed by atoms with Gasteiger partial charge in [0.2, 0.25) is 5.88 Å². The van der Waals surface area contributed by atoms with Crippen LogP contribution in [-0.4, -0.2) is 21.0 Å². The van der Waals surface area contributed by atoms with E-state index in [1.807, 2.05) is 27.7 Å². The van der Waals surface area contributed by atoms with Crippen molar-refractivity contribution >= 4 is 5.88 Å². The number of nitrogens with two attached hydrogens (primary N) is 1. The van der Waals surface area contributed by atoms with E-state index < -0.39 is 5.54 Å². The van der Waals surface area contributed by atoms with E-state index in [4.69, 9.17) is 10.3 Å². The maximum Gasteiger partial charge on any atom is 0.227 e. The first-order valence-electron chi connectivity index (χ1n) is 5.00. The Bertz CT molecular complexity index is 395. The lowest BCUT2D eigenvalue weighted by atomic mass is 9.80. The largest absolute Gasteiger partial charge is 0.367 e. The van der Waals surface area contributed by atoms with Crippen LogP contribution >= 0.6 is 0 Å². The van der Waals surface area contributed by atoms with Gasteiger partial charge in [-0.25, -0.2) is 0 Å². The maximum absolute atomic E-state index is 10.2. The summed E-state index contributed by atoms with van der Waals surface area (Å²) in [7, 11) is 0. The number of fused-ring (bicyclic) bond motifs is 1. The summed E-state index contributed by atoms with van der Waals surface area (Å²) in [6.45, 7) is 7.73. The fourth-order valence-corrected chi connectivity index (χ4v) is 2.46. The third-order valence-corrected chi connectivity index (χ3v) is 3.10. The number of hydroxylamine groups is 2. The molecule has 0 radical (unpaired) electrons. The molecule has 0 atom stereocenters. The number of aromatic nitrogens is 1. The van der Waals surface area contributed by atoms with Crippen molar-refractivity contribution in [3.8, 4) is 0 Å². The van der Waals surface area contributed by atoms with Gasteiger partial charge in [0.25, 0.3) is 0 Å². The van der Waals surface area contributed by atoms with Crippen LogP contribution < -0.4 is 5.73 Å². The summed E-state index contributed by atoms with van der Waals surface area (Å²) in [5, 5.41) is 15.4. The minimum Gasteiger partial charge on any atom is -0.367 e. The molecule has 1 aliphatic heterocycles. The van der Waals surface area contributed by atoms with Gasteiger partial charge in [0, 0.05) is 12.0 Å². The summed E-state index contributed by atoms with van der Waals surface area (Å²) < 4.78 is 4.98. The highest BCUT2D eigenvalue weighted by Gasteiger charge is 2.47. The van der Waals surface area contributed by atoms with E-state index in [-0.39, 0.29) is 5.54 Å². The van der Waals surface area contributed by atoms with Gasteiger partial charge < -0.3 is 15.5 Å². The average Bonchev–Trinajstić information content (AvgIpc) is 2.44. The highest BCUT2D eigenvalue weighted by molar-refractivity contribution is 5.46. The molecule has 1 aliphatic rings. The van der Waals surface area contributed by atoms with Gasteiger partial charge in [0.1, 0.15) is 0 Å². The van der Waals surface area contributed by atoms with Crippen molar-refractivity contribution in [3.63, 3.8) is 0 Å². The molecule has 1 aromatic rings. The Labute approximate surface area is 88.8 Å². The molecule has 0 bridgehead atoms. The van der Waals surface area contributed by atoms with Crippen LogP contribution in [0, 0.1) is 0 Å². The van der Waals surface area contributed by atoms with Crippen LogP contribution in [0.1, 0.15) is 39.0 Å². The summed E-state index contributed by atoms with van der Waals surface area (Å²) in [5.74, 6) is 0.296. The van der Waals surface area contributed by atoms with Crippen molar-refractivity contribution < 1.29 is 9.73 Å². The fourth-order valence-electron chi connectivity index (χ4n) is 2.46. The zero-order valence-corrected chi connectivity index (χ0v) is 9.53. The normalized spacial score (nSPS) is 23.8. The van der Waals surface area contributed by atoms with Gasteiger partial charge in [0.15, 0.2) is 0 Å². The standard InChI is InChI=1S/C10H17N3O2/c1-9(2)5-6-7(8(11)15-12-6)10(3,4)13(9)14/h14H,5,11H2,1-4H3. The number of hydrogen-bond acceptors (Lipinski definition) is 5. The first-order valence-corrected chi connectivity index (χ1v) is 5.00. The lowest BCUT2D eigenvalue weighted by molar-refractivity contribution is -0.233. The summed E-state index contributed by atoms with van der Waals surface area (Å²) in [4.78, 5) is 0. The number of hydrogen-bond donors (Lipinski definition) is 2. The predicted octanol–water partition coefficient (Wildman–Crippen LogP) is 1.52. The van der Waals surface area contributed by atoms with Crippen molar-refractivity contribution in [1.29, 1.82) is 0 Å². The van der Waals surface area contributed by atoms with Gasteiger partial charge in [0.05, 0.1) is 16.8 Å². The van der Waals surface area contributed by atoms with Crippen molar-refractivity contribution in [2.45, 2.75) is 45.2 Å². The van der Waals surface area contributed by atoms with Gasteiger partial charge in [-0.2, -0.15) is 5.06 Å². The number of nitrogens with zero attached hydrogens (tertiary/aromatic N) is 2. The molecule has 15 heavy (non-hydrogen) atoms. The van der Waals surface area contributed by atoms with E-state index >= 15 is 0 Å². The van der Waals surface area contributed by atoms with Crippen LogP contribution in [0.3, 0.4) is 0 Å². The number of anilines is 1. The molecule has 5 heteroatoms. The lowest BCUT2D eigenvalue weighted by Gasteiger charge is -2.47. The van der Waals surface area contributed by atoms with Gasteiger partial charge >= 0.3 is 0 Å². The molecule has 1 aromatic heterocycles. The molecule has 2 rings (SSSR count). The molecule has 0 aliphatic carbocycles. The molecule has 5 nitrogen and oxygen atoms in total. The van der Waals surface area contributed by atoms with Gasteiger partial charge in [-0.3, -0.25) is 0 Å². The van der Waals surface area contributed by atoms with Crippen molar-refractivity contribution in [1.82, 2.24) is 10.2 Å². The molecule has 0 saturated carbocycles. The summed E-state index contributed by atoms with van der Waals surface area (Å²) >= 11 is 0. The SMILES string of the molecule is CC1(C)Cc2noc(N)c2C(C)(C)N1O. The zero-order valence-electron chi connectivity index (χ0n) is 9.53. The summed E-state index contributed by atoms with van der Waals surface area (Å²) in [6.07, 6.45) is 0.628. The molecule has 0 fully saturated rings. The van der Waals surface area contributed by atoms with Crippen molar-refractivity contribution in [2.75, 3.05) is 5.73 Å². The molecule has 84 valence electrons. The third-order valence-electron chi connectivity index (χ3n) is 3.10. The Morgan fingerprint density at radius 2 is 2.00 bits per heavy atom. The molecule has 0 aromatic carbocycles. The van der Waals surface area contributed by atoms with E-state index in [1.165, 1.54) is 5.06 Å². The first-order chi connectivity index (χ1) is 6.77. The summed E-state index contributed by atoms with van der Waals surface area (Å²) in [6, 6.07) is 0. The van der Waals surface area contributed by atoms with Crippen LogP contribution in [0.4, 0.5) is 5.88 Å². The Hall–Kier alpha value is -1.07. The minimum atomic E-state index is -0.568. The van der Waals surface area contributed by atoms with E-state index in [0.29, 0.717) is 12.3 Å². The second kappa shape index (κ2) is 2.74. The highest BCUT2D eigenvalue weighted by Crippen LogP contribution is 2.43. The van der Waals surface area contributed by atoms with Gasteiger partial charge in [-0.05, 0) is 27.7 Å². The van der Waals surface area contributed by atoms with E-state index in [1.54, 1.807) is 0 Å². The van der Waals surface area contributed by atoms with Crippen LogP contribution in [0.2, 0.25) is 0 Å². The monoisotopic (exact) mass is 211 g/mol. The van der Waals surface area contributed by atoms with Crippen molar-refractivity contribution in [3.05, 3.63) is 11.3 Å². The molecular weight excluding hydrogens is 194 g/mol. The van der Waals surface area contributed by atoms with Crippen LogP contribution in [0.5, 0.6) is 0 Å². The van der Waals surface area contributed by atoms with Crippen LogP contribution in [0.15, 0.2) is 4.52 Å². The Morgan fingerprint density at radius 1 is 1.40 bits per heavy atom. The molecule has 2 heterocycles. The average molecular weight is 211 g/mol. The molecular formula is C10H17N3O2. The summed E-state index contributed by atoms with van der Waals surface area (Å²) in [5.41, 5.74) is 6.43. The zero-order chi connectivity index (χ0) is 11.4. The minimum absolute atomic E-state index is 0.296. The first kappa shape index (κ1) is 10.4.